The number of benzene rings is 1. The summed E-state index contributed by atoms with van der Waals surface area (Å²) in [6, 6.07) is 7.64. The second-order valence-corrected chi connectivity index (χ2v) is 4.44. The molecule has 0 unspecified atom stereocenters. The van der Waals surface area contributed by atoms with Crippen molar-refractivity contribution in [3.05, 3.63) is 48.2 Å². The Bertz CT molecular complexity index is 750. The molecule has 2 heterocycles. The van der Waals surface area contributed by atoms with E-state index in [9.17, 15) is 0 Å². The van der Waals surface area contributed by atoms with Crippen LogP contribution in [0.4, 0.5) is 11.6 Å². The predicted molar refractivity (Wildman–Crippen MR) is 78.0 cm³/mol. The molecule has 100 valence electrons. The summed E-state index contributed by atoms with van der Waals surface area (Å²) >= 11 is 0. The van der Waals surface area contributed by atoms with Gasteiger partial charge in [-0.05, 0) is 24.6 Å². The molecule has 3 aromatic rings. The van der Waals surface area contributed by atoms with Crippen LogP contribution in [0.1, 0.15) is 11.4 Å². The summed E-state index contributed by atoms with van der Waals surface area (Å²) in [5, 5.41) is 4.25. The summed E-state index contributed by atoms with van der Waals surface area (Å²) in [4.78, 5) is 16.9. The zero-order valence-corrected chi connectivity index (χ0v) is 11.0. The first-order valence-electron chi connectivity index (χ1n) is 6.25. The summed E-state index contributed by atoms with van der Waals surface area (Å²) in [5.74, 6) is 1.87. The molecular weight excluding hydrogens is 252 g/mol. The van der Waals surface area contributed by atoms with Crippen molar-refractivity contribution in [1.29, 1.82) is 0 Å². The zero-order chi connectivity index (χ0) is 13.9. The van der Waals surface area contributed by atoms with Crippen LogP contribution in [0.15, 0.2) is 36.8 Å². The Morgan fingerprint density at radius 2 is 2.05 bits per heavy atom. The maximum atomic E-state index is 5.64. The molecule has 0 aliphatic rings. The molecule has 0 atom stereocenters. The molecule has 3 N–H and O–H groups in total. The molecule has 0 saturated carbocycles. The number of nitrogen functional groups attached to an aromatic ring is 1. The first-order chi connectivity index (χ1) is 9.74. The number of anilines is 2. The first kappa shape index (κ1) is 12.3. The Morgan fingerprint density at radius 3 is 2.90 bits per heavy atom. The largest absolute Gasteiger partial charge is 0.384 e. The molecule has 20 heavy (non-hydrogen) atoms. The fraction of sp³-hybridized carbons (Fsp3) is 0.143. The molecule has 6 nitrogen and oxygen atoms in total. The van der Waals surface area contributed by atoms with E-state index in [1.165, 1.54) is 0 Å². The Morgan fingerprint density at radius 1 is 1.15 bits per heavy atom. The van der Waals surface area contributed by atoms with E-state index in [1.807, 2.05) is 25.1 Å². The maximum absolute atomic E-state index is 5.64. The number of nitrogens with zero attached hydrogens (tertiary/aromatic N) is 4. The van der Waals surface area contributed by atoms with Crippen molar-refractivity contribution in [2.24, 2.45) is 0 Å². The quantitative estimate of drug-likeness (QED) is 0.752. The highest BCUT2D eigenvalue weighted by Crippen LogP contribution is 2.22. The van der Waals surface area contributed by atoms with Crippen molar-refractivity contribution in [1.82, 2.24) is 19.9 Å². The van der Waals surface area contributed by atoms with Gasteiger partial charge in [0.1, 0.15) is 23.8 Å². The van der Waals surface area contributed by atoms with Crippen LogP contribution >= 0.6 is 0 Å². The molecule has 0 aliphatic carbocycles. The van der Waals surface area contributed by atoms with E-state index in [4.69, 9.17) is 5.73 Å². The van der Waals surface area contributed by atoms with Gasteiger partial charge in [-0.2, -0.15) is 0 Å². The molecule has 0 spiro atoms. The standard InChI is InChI=1S/C14H14N6/c1-9-3-2-4-10-13(9)14(19-8-18-10)17-7-12-16-6-5-11(15)20-12/h2-6,8H,7H2,1H3,(H2,15,16,20)(H,17,18,19). The summed E-state index contributed by atoms with van der Waals surface area (Å²) in [6.45, 7) is 2.50. The molecule has 2 aromatic heterocycles. The van der Waals surface area contributed by atoms with E-state index >= 15 is 0 Å². The second kappa shape index (κ2) is 5.08. The minimum atomic E-state index is 0.459. The number of hydrogen-bond donors (Lipinski definition) is 2. The van der Waals surface area contributed by atoms with Crippen molar-refractivity contribution >= 4 is 22.5 Å². The summed E-state index contributed by atoms with van der Waals surface area (Å²) in [6.07, 6.45) is 3.19. The third-order valence-corrected chi connectivity index (χ3v) is 3.01. The van der Waals surface area contributed by atoms with Crippen LogP contribution in [0.25, 0.3) is 10.9 Å². The average Bonchev–Trinajstić information content (AvgIpc) is 2.45. The molecule has 3 rings (SSSR count). The van der Waals surface area contributed by atoms with Crippen molar-refractivity contribution in [3.63, 3.8) is 0 Å². The van der Waals surface area contributed by atoms with Crippen molar-refractivity contribution in [2.45, 2.75) is 13.5 Å². The SMILES string of the molecule is Cc1cccc2ncnc(NCc3nccc(N)n3)c12. The monoisotopic (exact) mass is 266 g/mol. The zero-order valence-electron chi connectivity index (χ0n) is 11.0. The number of rotatable bonds is 3. The van der Waals surface area contributed by atoms with Crippen molar-refractivity contribution < 1.29 is 0 Å². The number of aryl methyl sites for hydroxylation is 1. The van der Waals surface area contributed by atoms with Gasteiger partial charge in [-0.1, -0.05) is 12.1 Å². The Balaban J connectivity index is 1.91. The lowest BCUT2D eigenvalue weighted by Gasteiger charge is -2.09. The van der Waals surface area contributed by atoms with Crippen LogP contribution in [0.3, 0.4) is 0 Å². The van der Waals surface area contributed by atoms with E-state index in [2.05, 4.69) is 25.3 Å². The predicted octanol–water partition coefficient (Wildman–Crippen LogP) is 1.92. The highest BCUT2D eigenvalue weighted by atomic mass is 15.1. The van der Waals surface area contributed by atoms with Crippen LogP contribution in [-0.2, 0) is 6.54 Å². The molecule has 6 heteroatoms. The van der Waals surface area contributed by atoms with Crippen LogP contribution in [0, 0.1) is 6.92 Å². The van der Waals surface area contributed by atoms with Gasteiger partial charge in [0.25, 0.3) is 0 Å². The third kappa shape index (κ3) is 2.35. The van der Waals surface area contributed by atoms with Crippen LogP contribution in [0.2, 0.25) is 0 Å². The normalized spacial score (nSPS) is 10.7. The van der Waals surface area contributed by atoms with Gasteiger partial charge in [-0.15, -0.1) is 0 Å². The van der Waals surface area contributed by atoms with Crippen LogP contribution in [-0.4, -0.2) is 19.9 Å². The van der Waals surface area contributed by atoms with Gasteiger partial charge in [0.2, 0.25) is 0 Å². The molecule has 0 saturated heterocycles. The molecule has 0 fully saturated rings. The number of fused-ring (bicyclic) bond motifs is 1. The van der Waals surface area contributed by atoms with Crippen LogP contribution < -0.4 is 11.1 Å². The topological polar surface area (TPSA) is 89.6 Å². The van der Waals surface area contributed by atoms with Gasteiger partial charge in [0.15, 0.2) is 0 Å². The van der Waals surface area contributed by atoms with E-state index in [0.29, 0.717) is 18.2 Å². The van der Waals surface area contributed by atoms with Gasteiger partial charge in [0, 0.05) is 11.6 Å². The third-order valence-electron chi connectivity index (χ3n) is 3.01. The smallest absolute Gasteiger partial charge is 0.149 e. The fourth-order valence-corrected chi connectivity index (χ4v) is 2.08. The lowest BCUT2D eigenvalue weighted by Crippen LogP contribution is -2.07. The van der Waals surface area contributed by atoms with E-state index in [0.717, 1.165) is 22.3 Å². The van der Waals surface area contributed by atoms with E-state index in [1.54, 1.807) is 18.6 Å². The summed E-state index contributed by atoms with van der Waals surface area (Å²) in [7, 11) is 0. The fourth-order valence-electron chi connectivity index (χ4n) is 2.08. The Kier molecular flexibility index (Phi) is 3.12. The maximum Gasteiger partial charge on any atom is 0.149 e. The molecule has 0 amide bonds. The number of nitrogens with two attached hydrogens (primary N) is 1. The van der Waals surface area contributed by atoms with Crippen LogP contribution in [0.5, 0.6) is 0 Å². The lowest BCUT2D eigenvalue weighted by molar-refractivity contribution is 0.946. The first-order valence-corrected chi connectivity index (χ1v) is 6.25. The van der Waals surface area contributed by atoms with Gasteiger partial charge < -0.3 is 11.1 Å². The average molecular weight is 266 g/mol. The highest BCUT2D eigenvalue weighted by molar-refractivity contribution is 5.91. The molecule has 0 radical (unpaired) electrons. The highest BCUT2D eigenvalue weighted by Gasteiger charge is 2.06. The molecule has 1 aromatic carbocycles. The van der Waals surface area contributed by atoms with Crippen molar-refractivity contribution in [3.8, 4) is 0 Å². The van der Waals surface area contributed by atoms with Gasteiger partial charge in [0.05, 0.1) is 12.1 Å². The number of hydrogen-bond acceptors (Lipinski definition) is 6. The molecule has 0 bridgehead atoms. The number of aromatic nitrogens is 4. The Hall–Kier alpha value is -2.76. The minimum Gasteiger partial charge on any atom is -0.384 e. The summed E-state index contributed by atoms with van der Waals surface area (Å²) < 4.78 is 0. The van der Waals surface area contributed by atoms with Crippen molar-refractivity contribution in [2.75, 3.05) is 11.1 Å². The van der Waals surface area contributed by atoms with Gasteiger partial charge in [-0.3, -0.25) is 0 Å². The van der Waals surface area contributed by atoms with Gasteiger partial charge in [-0.25, -0.2) is 19.9 Å². The Labute approximate surface area is 116 Å². The van der Waals surface area contributed by atoms with Gasteiger partial charge >= 0.3 is 0 Å². The number of nitrogens with one attached hydrogen (secondary N) is 1. The molecule has 0 aliphatic heterocycles. The minimum absolute atomic E-state index is 0.459. The van der Waals surface area contributed by atoms with E-state index < -0.39 is 0 Å². The molecular formula is C14H14N6. The summed E-state index contributed by atoms with van der Waals surface area (Å²) in [5.41, 5.74) is 7.67. The van der Waals surface area contributed by atoms with E-state index in [-0.39, 0.29) is 0 Å². The second-order valence-electron chi connectivity index (χ2n) is 4.44. The lowest BCUT2D eigenvalue weighted by atomic mass is 10.1.